The van der Waals surface area contributed by atoms with Crippen molar-refractivity contribution in [3.63, 3.8) is 0 Å². The average molecular weight is 370 g/mol. The second kappa shape index (κ2) is 7.78. The Morgan fingerprint density at radius 3 is 3.00 bits per heavy atom. The van der Waals surface area contributed by atoms with Gasteiger partial charge in [0.15, 0.2) is 0 Å². The maximum Gasteiger partial charge on any atom is 0.342 e. The van der Waals surface area contributed by atoms with E-state index in [1.165, 1.54) is 6.07 Å². The Morgan fingerprint density at radius 2 is 2.28 bits per heavy atom. The Labute approximate surface area is 152 Å². The topological polar surface area (TPSA) is 100 Å². The smallest absolute Gasteiger partial charge is 0.342 e. The highest BCUT2D eigenvalue weighted by molar-refractivity contribution is 6.33. The molecule has 2 aliphatic rings. The SMILES string of the molecule is CO[C@@H]1CN(CCN)CC[C@@H]1OC(=O)c1cc(Cl)c(N)c2c1OCC2. The monoisotopic (exact) mass is 369 g/mol. The van der Waals surface area contributed by atoms with E-state index in [2.05, 4.69) is 4.90 Å². The molecule has 0 aromatic heterocycles. The van der Waals surface area contributed by atoms with Gasteiger partial charge in [0.05, 0.1) is 17.3 Å². The van der Waals surface area contributed by atoms with Crippen LogP contribution in [0.15, 0.2) is 6.07 Å². The lowest BCUT2D eigenvalue weighted by Crippen LogP contribution is -2.50. The largest absolute Gasteiger partial charge is 0.492 e. The van der Waals surface area contributed by atoms with Crippen molar-refractivity contribution in [3.8, 4) is 5.75 Å². The first-order chi connectivity index (χ1) is 12.0. The third kappa shape index (κ3) is 3.69. The first-order valence-corrected chi connectivity index (χ1v) is 8.82. The number of fused-ring (bicyclic) bond motifs is 1. The molecule has 7 nitrogen and oxygen atoms in total. The van der Waals surface area contributed by atoms with Crippen molar-refractivity contribution in [2.24, 2.45) is 5.73 Å². The van der Waals surface area contributed by atoms with Crippen LogP contribution in [0.25, 0.3) is 0 Å². The fourth-order valence-electron chi connectivity index (χ4n) is 3.43. The number of nitrogen functional groups attached to an aromatic ring is 1. The van der Waals surface area contributed by atoms with Crippen molar-refractivity contribution < 1.29 is 19.0 Å². The molecule has 1 aromatic carbocycles. The van der Waals surface area contributed by atoms with Gasteiger partial charge in [-0.05, 0) is 12.5 Å². The van der Waals surface area contributed by atoms with E-state index < -0.39 is 5.97 Å². The number of hydrogen-bond acceptors (Lipinski definition) is 7. The fraction of sp³-hybridized carbons (Fsp3) is 0.588. The minimum atomic E-state index is -0.459. The number of nitrogens with zero attached hydrogens (tertiary/aromatic N) is 1. The lowest BCUT2D eigenvalue weighted by molar-refractivity contribution is -0.0724. The first kappa shape index (κ1) is 18.3. The zero-order valence-electron chi connectivity index (χ0n) is 14.3. The predicted octanol–water partition coefficient (Wildman–Crippen LogP) is 1.06. The number of carbonyl (C=O) groups excluding carboxylic acids is 1. The van der Waals surface area contributed by atoms with E-state index in [-0.39, 0.29) is 12.2 Å². The van der Waals surface area contributed by atoms with E-state index in [4.69, 9.17) is 37.3 Å². The van der Waals surface area contributed by atoms with Crippen molar-refractivity contribution in [1.82, 2.24) is 4.90 Å². The number of esters is 1. The van der Waals surface area contributed by atoms with Gasteiger partial charge in [-0.2, -0.15) is 0 Å². The normalized spacial score (nSPS) is 23.2. The highest BCUT2D eigenvalue weighted by atomic mass is 35.5. The summed E-state index contributed by atoms with van der Waals surface area (Å²) in [6, 6.07) is 1.52. The molecule has 0 saturated carbocycles. The van der Waals surface area contributed by atoms with Gasteiger partial charge in [-0.15, -0.1) is 0 Å². The number of likely N-dealkylation sites (tertiary alicyclic amines) is 1. The van der Waals surface area contributed by atoms with Gasteiger partial charge in [-0.3, -0.25) is 4.90 Å². The van der Waals surface area contributed by atoms with Crippen molar-refractivity contribution in [2.75, 3.05) is 45.6 Å². The number of ether oxygens (including phenoxy) is 3. The van der Waals surface area contributed by atoms with Crippen LogP contribution in [0, 0.1) is 0 Å². The van der Waals surface area contributed by atoms with Crippen molar-refractivity contribution in [1.29, 1.82) is 0 Å². The third-order valence-electron chi connectivity index (χ3n) is 4.78. The molecule has 0 radical (unpaired) electrons. The van der Waals surface area contributed by atoms with Gasteiger partial charge < -0.3 is 25.7 Å². The van der Waals surface area contributed by atoms with Gasteiger partial charge in [0.1, 0.15) is 23.5 Å². The molecule has 2 aliphatic heterocycles. The summed E-state index contributed by atoms with van der Waals surface area (Å²) in [5, 5.41) is 0.345. The minimum Gasteiger partial charge on any atom is -0.492 e. The van der Waals surface area contributed by atoms with Crippen LogP contribution >= 0.6 is 11.6 Å². The van der Waals surface area contributed by atoms with Crippen LogP contribution in [0.4, 0.5) is 5.69 Å². The quantitative estimate of drug-likeness (QED) is 0.591. The van der Waals surface area contributed by atoms with Crippen LogP contribution in [-0.4, -0.2) is 63.0 Å². The average Bonchev–Trinajstić information content (AvgIpc) is 3.09. The van der Waals surface area contributed by atoms with Gasteiger partial charge >= 0.3 is 5.97 Å². The highest BCUT2D eigenvalue weighted by Crippen LogP contribution is 2.39. The molecule has 3 rings (SSSR count). The lowest BCUT2D eigenvalue weighted by Gasteiger charge is -2.37. The van der Waals surface area contributed by atoms with Gasteiger partial charge in [-0.1, -0.05) is 11.6 Å². The molecule has 4 N–H and O–H groups in total. The zero-order valence-corrected chi connectivity index (χ0v) is 15.1. The van der Waals surface area contributed by atoms with Crippen LogP contribution in [0.3, 0.4) is 0 Å². The van der Waals surface area contributed by atoms with Gasteiger partial charge in [0, 0.05) is 45.3 Å². The second-order valence-electron chi connectivity index (χ2n) is 6.32. The van der Waals surface area contributed by atoms with Crippen molar-refractivity contribution in [3.05, 3.63) is 22.2 Å². The Balaban J connectivity index is 1.75. The van der Waals surface area contributed by atoms with Gasteiger partial charge in [-0.25, -0.2) is 4.79 Å². The molecule has 8 heteroatoms. The van der Waals surface area contributed by atoms with Gasteiger partial charge in [0.25, 0.3) is 0 Å². The van der Waals surface area contributed by atoms with Crippen LogP contribution in [0.2, 0.25) is 5.02 Å². The fourth-order valence-corrected chi connectivity index (χ4v) is 3.65. The summed E-state index contributed by atoms with van der Waals surface area (Å²) in [7, 11) is 1.62. The second-order valence-corrected chi connectivity index (χ2v) is 6.73. The van der Waals surface area contributed by atoms with Crippen LogP contribution < -0.4 is 16.2 Å². The van der Waals surface area contributed by atoms with E-state index in [1.807, 2.05) is 0 Å². The Hall–Kier alpha value is -1.54. The molecular weight excluding hydrogens is 346 g/mol. The number of anilines is 1. The molecule has 0 aliphatic carbocycles. The van der Waals surface area contributed by atoms with Crippen LogP contribution in [0.5, 0.6) is 5.75 Å². The Bertz CT molecular complexity index is 655. The maximum absolute atomic E-state index is 12.7. The van der Waals surface area contributed by atoms with E-state index in [0.29, 0.717) is 54.6 Å². The maximum atomic E-state index is 12.7. The van der Waals surface area contributed by atoms with E-state index >= 15 is 0 Å². The van der Waals surface area contributed by atoms with E-state index in [1.54, 1.807) is 7.11 Å². The number of piperidine rings is 1. The number of rotatable bonds is 5. The molecule has 0 unspecified atom stereocenters. The van der Waals surface area contributed by atoms with Crippen molar-refractivity contribution in [2.45, 2.75) is 25.0 Å². The summed E-state index contributed by atoms with van der Waals surface area (Å²) in [5.41, 5.74) is 13.2. The number of halogens is 1. The molecule has 0 bridgehead atoms. The summed E-state index contributed by atoms with van der Waals surface area (Å²) in [6.45, 7) is 3.37. The molecule has 25 heavy (non-hydrogen) atoms. The minimum absolute atomic E-state index is 0.192. The first-order valence-electron chi connectivity index (χ1n) is 8.45. The number of carbonyl (C=O) groups is 1. The molecule has 1 fully saturated rings. The molecule has 0 amide bonds. The molecule has 1 saturated heterocycles. The standard InChI is InChI=1S/C17H24ClN3O4/c1-23-14-9-21(6-4-19)5-2-13(14)25-17(22)11-8-12(18)15(20)10-3-7-24-16(10)11/h8,13-14H,2-7,9,19-20H2,1H3/t13-,14+/m0/s1. The molecule has 2 atom stereocenters. The summed E-state index contributed by atoms with van der Waals surface area (Å²) in [5.74, 6) is 0.0285. The number of methoxy groups -OCH3 is 1. The van der Waals surface area contributed by atoms with Crippen LogP contribution in [0.1, 0.15) is 22.3 Å². The number of nitrogens with two attached hydrogens (primary N) is 2. The summed E-state index contributed by atoms with van der Waals surface area (Å²) in [6.07, 6.45) is 0.818. The zero-order chi connectivity index (χ0) is 18.0. The Kier molecular flexibility index (Phi) is 5.68. The molecular formula is C17H24ClN3O4. The predicted molar refractivity (Wildman–Crippen MR) is 95.2 cm³/mol. The van der Waals surface area contributed by atoms with Crippen molar-refractivity contribution >= 4 is 23.3 Å². The third-order valence-corrected chi connectivity index (χ3v) is 5.09. The van der Waals surface area contributed by atoms with Crippen LogP contribution in [-0.2, 0) is 15.9 Å². The molecule has 0 spiro atoms. The Morgan fingerprint density at radius 1 is 1.48 bits per heavy atom. The summed E-state index contributed by atoms with van der Waals surface area (Å²) in [4.78, 5) is 14.9. The van der Waals surface area contributed by atoms with Gasteiger partial charge in [0.2, 0.25) is 0 Å². The lowest BCUT2D eigenvalue weighted by atomic mass is 10.0. The molecule has 138 valence electrons. The van der Waals surface area contributed by atoms with E-state index in [0.717, 1.165) is 18.7 Å². The number of hydrogen-bond donors (Lipinski definition) is 2. The number of benzene rings is 1. The molecule has 1 aromatic rings. The summed E-state index contributed by atoms with van der Waals surface area (Å²) >= 11 is 6.16. The van der Waals surface area contributed by atoms with E-state index in [9.17, 15) is 4.79 Å². The summed E-state index contributed by atoms with van der Waals surface area (Å²) < 4.78 is 16.8. The highest BCUT2D eigenvalue weighted by Gasteiger charge is 2.34. The molecule has 2 heterocycles.